The lowest BCUT2D eigenvalue weighted by Gasteiger charge is -2.12. The first-order chi connectivity index (χ1) is 11.9. The molecular weight excluding hydrogens is 510 g/mol. The van der Waals surface area contributed by atoms with E-state index in [9.17, 15) is 4.79 Å². The molecule has 0 atom stereocenters. The van der Waals surface area contributed by atoms with E-state index in [-0.39, 0.29) is 5.91 Å². The Balaban J connectivity index is 1.81. The number of rotatable bonds is 4. The molecule has 1 N–H and O–H groups in total. The van der Waals surface area contributed by atoms with Gasteiger partial charge in [0.15, 0.2) is 0 Å². The Morgan fingerprint density at radius 1 is 1.24 bits per heavy atom. The number of ether oxygens (including phenoxy) is 1. The van der Waals surface area contributed by atoms with Crippen molar-refractivity contribution in [3.63, 3.8) is 0 Å². The summed E-state index contributed by atoms with van der Waals surface area (Å²) in [5, 5.41) is 3.26. The third-order valence-electron chi connectivity index (χ3n) is 3.29. The number of carbonyl (C=O) groups is 1. The average Bonchev–Trinajstić information content (AvgIpc) is 2.85. The molecule has 1 amide bonds. The third kappa shape index (κ3) is 4.65. The van der Waals surface area contributed by atoms with Crippen LogP contribution in [-0.4, -0.2) is 10.2 Å². The molecule has 3 rings (SSSR count). The minimum atomic E-state index is -0.179. The quantitative estimate of drug-likeness (QED) is 0.401. The Bertz CT molecular complexity index is 879. The maximum Gasteiger partial charge on any atom is 0.263 e. The van der Waals surface area contributed by atoms with E-state index in [4.69, 9.17) is 28.6 Å². The van der Waals surface area contributed by atoms with Gasteiger partial charge in [-0.05, 0) is 61.7 Å². The maximum atomic E-state index is 11.8. The second kappa shape index (κ2) is 8.22. The summed E-state index contributed by atoms with van der Waals surface area (Å²) >= 11 is 19.4. The molecule has 0 radical (unpaired) electrons. The van der Waals surface area contributed by atoms with Gasteiger partial charge in [0.1, 0.15) is 16.7 Å². The number of amides is 1. The molecule has 3 nitrogen and oxygen atoms in total. The summed E-state index contributed by atoms with van der Waals surface area (Å²) in [5.41, 5.74) is 1.76. The molecule has 1 aliphatic heterocycles. The fourth-order valence-corrected chi connectivity index (χ4v) is 4.82. The van der Waals surface area contributed by atoms with Gasteiger partial charge in [0.2, 0.25) is 0 Å². The number of hydrogen-bond donors (Lipinski definition) is 1. The van der Waals surface area contributed by atoms with Crippen LogP contribution >= 0.6 is 67.4 Å². The van der Waals surface area contributed by atoms with Crippen molar-refractivity contribution >= 4 is 83.7 Å². The third-order valence-corrected chi connectivity index (χ3v) is 6.00. The van der Waals surface area contributed by atoms with Gasteiger partial charge >= 0.3 is 0 Å². The van der Waals surface area contributed by atoms with E-state index in [1.807, 2.05) is 36.4 Å². The highest BCUT2D eigenvalue weighted by atomic mass is 79.9. The van der Waals surface area contributed by atoms with Crippen molar-refractivity contribution < 1.29 is 9.53 Å². The molecule has 1 heterocycles. The SMILES string of the molecule is O=C1NC(=S)S/C1=C\c1cc(Br)c(OCc2ccccc2Cl)c(Br)c1. The van der Waals surface area contributed by atoms with Crippen LogP contribution in [0.5, 0.6) is 5.75 Å². The number of halogens is 3. The lowest BCUT2D eigenvalue weighted by molar-refractivity contribution is -0.115. The topological polar surface area (TPSA) is 38.3 Å². The number of thiocarbonyl (C=S) groups is 1. The molecule has 2 aromatic carbocycles. The largest absolute Gasteiger partial charge is 0.486 e. The smallest absolute Gasteiger partial charge is 0.263 e. The first-order valence-electron chi connectivity index (χ1n) is 7.04. The van der Waals surface area contributed by atoms with Crippen LogP contribution < -0.4 is 10.1 Å². The van der Waals surface area contributed by atoms with Gasteiger partial charge in [0.25, 0.3) is 5.91 Å². The number of carbonyl (C=O) groups excluding carboxylic acids is 1. The molecule has 1 aliphatic rings. The van der Waals surface area contributed by atoms with E-state index in [1.165, 1.54) is 11.8 Å². The molecule has 0 saturated carbocycles. The van der Waals surface area contributed by atoms with Crippen LogP contribution in [0.25, 0.3) is 6.08 Å². The standard InChI is InChI=1S/C17H10Br2ClNO2S2/c18-11-5-9(7-14-16(22)21-17(24)25-14)6-12(19)15(11)23-8-10-3-1-2-4-13(10)20/h1-7H,8H2,(H,21,22,24)/b14-7-. The molecule has 2 aromatic rings. The van der Waals surface area contributed by atoms with Crippen molar-refractivity contribution in [2.45, 2.75) is 6.61 Å². The Kier molecular flexibility index (Phi) is 6.22. The summed E-state index contributed by atoms with van der Waals surface area (Å²) in [6, 6.07) is 11.3. The molecule has 0 aliphatic carbocycles. The summed E-state index contributed by atoms with van der Waals surface area (Å²) in [4.78, 5) is 12.3. The fraction of sp³-hybridized carbons (Fsp3) is 0.0588. The van der Waals surface area contributed by atoms with Crippen molar-refractivity contribution in [1.82, 2.24) is 5.32 Å². The van der Waals surface area contributed by atoms with Crippen LogP contribution in [-0.2, 0) is 11.4 Å². The number of nitrogens with one attached hydrogen (secondary N) is 1. The van der Waals surface area contributed by atoms with Gasteiger partial charge in [-0.2, -0.15) is 0 Å². The molecule has 1 fully saturated rings. The lowest BCUT2D eigenvalue weighted by atomic mass is 10.2. The van der Waals surface area contributed by atoms with Gasteiger partial charge in [0, 0.05) is 10.6 Å². The van der Waals surface area contributed by atoms with Crippen molar-refractivity contribution in [3.05, 3.63) is 66.4 Å². The van der Waals surface area contributed by atoms with Gasteiger partial charge < -0.3 is 10.1 Å². The minimum absolute atomic E-state index is 0.179. The van der Waals surface area contributed by atoms with Crippen molar-refractivity contribution in [2.75, 3.05) is 0 Å². The Morgan fingerprint density at radius 3 is 2.52 bits per heavy atom. The molecule has 8 heteroatoms. The van der Waals surface area contributed by atoms with Crippen LogP contribution in [0.4, 0.5) is 0 Å². The first-order valence-corrected chi connectivity index (χ1v) is 10.2. The zero-order chi connectivity index (χ0) is 18.0. The summed E-state index contributed by atoms with van der Waals surface area (Å²) in [6.07, 6.45) is 1.78. The molecule has 0 aromatic heterocycles. The van der Waals surface area contributed by atoms with Gasteiger partial charge in [0.05, 0.1) is 13.9 Å². The predicted octanol–water partition coefficient (Wildman–Crippen LogP) is 5.93. The average molecular weight is 520 g/mol. The molecular formula is C17H10Br2ClNO2S2. The van der Waals surface area contributed by atoms with E-state index in [1.54, 1.807) is 6.08 Å². The number of hydrogen-bond acceptors (Lipinski definition) is 4. The Hall–Kier alpha value is -0.860. The highest BCUT2D eigenvalue weighted by molar-refractivity contribution is 9.11. The zero-order valence-corrected chi connectivity index (χ0v) is 18.1. The van der Waals surface area contributed by atoms with E-state index in [0.29, 0.717) is 26.6 Å². The minimum Gasteiger partial charge on any atom is -0.486 e. The maximum absolute atomic E-state index is 11.8. The molecule has 0 bridgehead atoms. The van der Waals surface area contributed by atoms with Crippen molar-refractivity contribution in [1.29, 1.82) is 0 Å². The summed E-state index contributed by atoms with van der Waals surface area (Å²) in [6.45, 7) is 0.351. The zero-order valence-electron chi connectivity index (χ0n) is 12.5. The van der Waals surface area contributed by atoms with E-state index < -0.39 is 0 Å². The van der Waals surface area contributed by atoms with Gasteiger partial charge in [-0.15, -0.1) is 0 Å². The number of thioether (sulfide) groups is 1. The van der Waals surface area contributed by atoms with E-state index in [0.717, 1.165) is 20.1 Å². The Morgan fingerprint density at radius 2 is 1.92 bits per heavy atom. The molecule has 0 unspecified atom stereocenters. The second-order valence-electron chi connectivity index (χ2n) is 5.05. The van der Waals surface area contributed by atoms with Gasteiger partial charge in [-0.1, -0.05) is 53.8 Å². The van der Waals surface area contributed by atoms with Crippen molar-refractivity contribution in [3.8, 4) is 5.75 Å². The summed E-state index contributed by atoms with van der Waals surface area (Å²) < 4.78 is 7.90. The monoisotopic (exact) mass is 517 g/mol. The second-order valence-corrected chi connectivity index (χ2v) is 8.88. The van der Waals surface area contributed by atoms with Crippen LogP contribution in [0.2, 0.25) is 5.02 Å². The molecule has 1 saturated heterocycles. The van der Waals surface area contributed by atoms with Crippen LogP contribution in [0.3, 0.4) is 0 Å². The first kappa shape index (κ1) is 18.9. The summed E-state index contributed by atoms with van der Waals surface area (Å²) in [5.74, 6) is 0.488. The van der Waals surface area contributed by atoms with E-state index >= 15 is 0 Å². The molecule has 25 heavy (non-hydrogen) atoms. The normalized spacial score (nSPS) is 15.6. The van der Waals surface area contributed by atoms with Crippen LogP contribution in [0, 0.1) is 0 Å². The van der Waals surface area contributed by atoms with Gasteiger partial charge in [-0.3, -0.25) is 4.79 Å². The Labute approximate surface area is 176 Å². The van der Waals surface area contributed by atoms with Gasteiger partial charge in [-0.25, -0.2) is 0 Å². The van der Waals surface area contributed by atoms with Crippen LogP contribution in [0.15, 0.2) is 50.2 Å². The van der Waals surface area contributed by atoms with Crippen molar-refractivity contribution in [2.24, 2.45) is 0 Å². The molecule has 0 spiro atoms. The highest BCUT2D eigenvalue weighted by Gasteiger charge is 2.22. The lowest BCUT2D eigenvalue weighted by Crippen LogP contribution is -2.17. The van der Waals surface area contributed by atoms with E-state index in [2.05, 4.69) is 37.2 Å². The number of benzene rings is 2. The molecule has 128 valence electrons. The van der Waals surface area contributed by atoms with Crippen LogP contribution in [0.1, 0.15) is 11.1 Å². The highest BCUT2D eigenvalue weighted by Crippen LogP contribution is 2.37. The fourth-order valence-electron chi connectivity index (χ4n) is 2.14. The predicted molar refractivity (Wildman–Crippen MR) is 114 cm³/mol. The summed E-state index contributed by atoms with van der Waals surface area (Å²) in [7, 11) is 0.